The minimum atomic E-state index is -0.250. The summed E-state index contributed by atoms with van der Waals surface area (Å²) in [5.74, 6) is 0.463. The van der Waals surface area contributed by atoms with Crippen LogP contribution >= 0.6 is 23.2 Å². The average Bonchev–Trinajstić information content (AvgIpc) is 2.47. The zero-order chi connectivity index (χ0) is 15.9. The van der Waals surface area contributed by atoms with Crippen molar-refractivity contribution in [2.24, 2.45) is 0 Å². The van der Waals surface area contributed by atoms with Crippen molar-refractivity contribution in [3.05, 3.63) is 64.1 Å². The van der Waals surface area contributed by atoms with Crippen molar-refractivity contribution in [1.82, 2.24) is 0 Å². The van der Waals surface area contributed by atoms with Gasteiger partial charge in [0.2, 0.25) is 5.91 Å². The molecule has 0 fully saturated rings. The molecule has 0 aliphatic heterocycles. The van der Waals surface area contributed by atoms with Crippen LogP contribution in [-0.4, -0.2) is 12.5 Å². The Morgan fingerprint density at radius 1 is 1.23 bits per heavy atom. The van der Waals surface area contributed by atoms with E-state index in [1.807, 2.05) is 19.1 Å². The van der Waals surface area contributed by atoms with Gasteiger partial charge in [-0.3, -0.25) is 4.79 Å². The van der Waals surface area contributed by atoms with E-state index in [-0.39, 0.29) is 5.91 Å². The third-order valence-electron chi connectivity index (χ3n) is 2.79. The molecular formula is C17H15Cl2NO2. The molecule has 2 aromatic rings. The summed E-state index contributed by atoms with van der Waals surface area (Å²) in [5, 5.41) is 3.82. The van der Waals surface area contributed by atoms with Crippen molar-refractivity contribution in [2.75, 3.05) is 11.9 Å². The van der Waals surface area contributed by atoms with Crippen molar-refractivity contribution in [2.45, 2.75) is 6.92 Å². The summed E-state index contributed by atoms with van der Waals surface area (Å²) in [6.45, 7) is 2.48. The molecule has 0 spiro atoms. The van der Waals surface area contributed by atoms with Crippen molar-refractivity contribution >= 4 is 40.9 Å². The summed E-state index contributed by atoms with van der Waals surface area (Å²) >= 11 is 11.9. The third-order valence-corrected chi connectivity index (χ3v) is 3.35. The van der Waals surface area contributed by atoms with E-state index in [0.29, 0.717) is 28.1 Å². The molecular weight excluding hydrogens is 321 g/mol. The van der Waals surface area contributed by atoms with Gasteiger partial charge in [-0.25, -0.2) is 0 Å². The van der Waals surface area contributed by atoms with E-state index in [2.05, 4.69) is 5.32 Å². The third kappa shape index (κ3) is 4.79. The van der Waals surface area contributed by atoms with E-state index in [1.54, 1.807) is 36.4 Å². The maximum Gasteiger partial charge on any atom is 0.248 e. The van der Waals surface area contributed by atoms with Crippen molar-refractivity contribution in [3.63, 3.8) is 0 Å². The van der Waals surface area contributed by atoms with E-state index in [0.717, 1.165) is 5.56 Å². The quantitative estimate of drug-likeness (QED) is 0.777. The molecule has 114 valence electrons. The van der Waals surface area contributed by atoms with Gasteiger partial charge >= 0.3 is 0 Å². The molecule has 0 aliphatic carbocycles. The van der Waals surface area contributed by atoms with Crippen molar-refractivity contribution in [3.8, 4) is 5.75 Å². The Morgan fingerprint density at radius 2 is 2.05 bits per heavy atom. The van der Waals surface area contributed by atoms with Gasteiger partial charge < -0.3 is 10.1 Å². The van der Waals surface area contributed by atoms with Crippen LogP contribution in [0.5, 0.6) is 5.75 Å². The van der Waals surface area contributed by atoms with Gasteiger partial charge in [0.05, 0.1) is 6.61 Å². The lowest BCUT2D eigenvalue weighted by atomic mass is 10.2. The maximum absolute atomic E-state index is 11.9. The normalized spacial score (nSPS) is 10.7. The number of benzene rings is 2. The molecule has 22 heavy (non-hydrogen) atoms. The van der Waals surface area contributed by atoms with E-state index in [9.17, 15) is 4.79 Å². The van der Waals surface area contributed by atoms with Crippen LogP contribution in [0.25, 0.3) is 6.08 Å². The second-order valence-electron chi connectivity index (χ2n) is 4.45. The van der Waals surface area contributed by atoms with Crippen molar-refractivity contribution < 1.29 is 9.53 Å². The van der Waals surface area contributed by atoms with Gasteiger partial charge in [-0.15, -0.1) is 0 Å². The summed E-state index contributed by atoms with van der Waals surface area (Å²) in [4.78, 5) is 11.9. The van der Waals surface area contributed by atoms with Gasteiger partial charge in [-0.1, -0.05) is 35.3 Å². The van der Waals surface area contributed by atoms with E-state index in [1.165, 1.54) is 6.08 Å². The molecule has 0 heterocycles. The molecule has 1 N–H and O–H groups in total. The van der Waals surface area contributed by atoms with Gasteiger partial charge in [0.25, 0.3) is 0 Å². The molecule has 0 aromatic heterocycles. The minimum absolute atomic E-state index is 0.250. The second-order valence-corrected chi connectivity index (χ2v) is 5.29. The SMILES string of the molecule is CCOc1cccc(NC(=O)/C=C/c2ccc(Cl)cc2Cl)c1. The Kier molecular flexibility index (Phi) is 5.87. The van der Waals surface area contributed by atoms with E-state index >= 15 is 0 Å². The molecule has 0 saturated heterocycles. The number of halogens is 2. The lowest BCUT2D eigenvalue weighted by Gasteiger charge is -2.06. The molecule has 0 aliphatic rings. The number of carbonyl (C=O) groups is 1. The first-order valence-corrected chi connectivity index (χ1v) is 7.51. The van der Waals surface area contributed by atoms with Crippen LogP contribution in [0.3, 0.4) is 0 Å². The lowest BCUT2D eigenvalue weighted by molar-refractivity contribution is -0.111. The molecule has 5 heteroatoms. The number of nitrogens with one attached hydrogen (secondary N) is 1. The molecule has 0 radical (unpaired) electrons. The summed E-state index contributed by atoms with van der Waals surface area (Å²) in [6.07, 6.45) is 3.06. The summed E-state index contributed by atoms with van der Waals surface area (Å²) in [7, 11) is 0. The number of rotatable bonds is 5. The lowest BCUT2D eigenvalue weighted by Crippen LogP contribution is -2.07. The Labute approximate surface area is 139 Å². The Hall–Kier alpha value is -1.97. The monoisotopic (exact) mass is 335 g/mol. The molecule has 2 aromatic carbocycles. The molecule has 1 amide bonds. The molecule has 3 nitrogen and oxygen atoms in total. The number of amides is 1. The molecule has 2 rings (SSSR count). The number of hydrogen-bond donors (Lipinski definition) is 1. The zero-order valence-electron chi connectivity index (χ0n) is 12.0. The van der Waals surface area contributed by atoms with Gasteiger partial charge in [0.1, 0.15) is 5.75 Å². The summed E-state index contributed by atoms with van der Waals surface area (Å²) in [6, 6.07) is 12.3. The predicted octanol–water partition coefficient (Wildman–Crippen LogP) is 5.04. The number of carbonyl (C=O) groups excluding carboxylic acids is 1. The van der Waals surface area contributed by atoms with Crippen LogP contribution in [0.2, 0.25) is 10.0 Å². The number of ether oxygens (including phenoxy) is 1. The van der Waals surface area contributed by atoms with Crippen LogP contribution in [0.4, 0.5) is 5.69 Å². The van der Waals surface area contributed by atoms with Crippen molar-refractivity contribution in [1.29, 1.82) is 0 Å². The largest absolute Gasteiger partial charge is 0.494 e. The highest BCUT2D eigenvalue weighted by Gasteiger charge is 2.02. The van der Waals surface area contributed by atoms with E-state index in [4.69, 9.17) is 27.9 Å². The maximum atomic E-state index is 11.9. The highest BCUT2D eigenvalue weighted by atomic mass is 35.5. The second kappa shape index (κ2) is 7.87. The first-order valence-electron chi connectivity index (χ1n) is 6.75. The standard InChI is InChI=1S/C17H15Cl2NO2/c1-2-22-15-5-3-4-14(11-15)20-17(21)9-7-12-6-8-13(18)10-16(12)19/h3-11H,2H2,1H3,(H,20,21)/b9-7+. The van der Waals surface area contributed by atoms with Gasteiger partial charge in [-0.2, -0.15) is 0 Å². The first kappa shape index (κ1) is 16.4. The molecule has 0 saturated carbocycles. The van der Waals surface area contributed by atoms with Gasteiger partial charge in [0, 0.05) is 27.9 Å². The summed E-state index contributed by atoms with van der Waals surface area (Å²) in [5.41, 5.74) is 1.40. The molecule has 0 bridgehead atoms. The van der Waals surface area contributed by atoms with Gasteiger partial charge in [-0.05, 0) is 42.8 Å². The Bertz CT molecular complexity index is 699. The fourth-order valence-electron chi connectivity index (χ4n) is 1.82. The topological polar surface area (TPSA) is 38.3 Å². The smallest absolute Gasteiger partial charge is 0.248 e. The van der Waals surface area contributed by atoms with Gasteiger partial charge in [0.15, 0.2) is 0 Å². The fourth-order valence-corrected chi connectivity index (χ4v) is 2.29. The zero-order valence-corrected chi connectivity index (χ0v) is 13.5. The molecule has 0 atom stereocenters. The van der Waals surface area contributed by atoms with Crippen LogP contribution in [0, 0.1) is 0 Å². The minimum Gasteiger partial charge on any atom is -0.494 e. The van der Waals surface area contributed by atoms with Crippen LogP contribution in [0.1, 0.15) is 12.5 Å². The molecule has 0 unspecified atom stereocenters. The van der Waals surface area contributed by atoms with Crippen LogP contribution in [-0.2, 0) is 4.79 Å². The Balaban J connectivity index is 2.03. The van der Waals surface area contributed by atoms with E-state index < -0.39 is 0 Å². The summed E-state index contributed by atoms with van der Waals surface area (Å²) < 4.78 is 5.39. The highest BCUT2D eigenvalue weighted by Crippen LogP contribution is 2.22. The Morgan fingerprint density at radius 3 is 2.77 bits per heavy atom. The van der Waals surface area contributed by atoms with Crippen LogP contribution < -0.4 is 10.1 Å². The number of hydrogen-bond acceptors (Lipinski definition) is 2. The number of anilines is 1. The average molecular weight is 336 g/mol. The first-order chi connectivity index (χ1) is 10.6. The van der Waals surface area contributed by atoms with Crippen LogP contribution in [0.15, 0.2) is 48.5 Å². The predicted molar refractivity (Wildman–Crippen MR) is 91.7 cm³/mol. The highest BCUT2D eigenvalue weighted by molar-refractivity contribution is 6.35. The fraction of sp³-hybridized carbons (Fsp3) is 0.118.